The van der Waals surface area contributed by atoms with Crippen molar-refractivity contribution >= 4 is 17.3 Å². The van der Waals surface area contributed by atoms with E-state index in [2.05, 4.69) is 77.7 Å². The Hall–Kier alpha value is -1.99. The average molecular weight is 364 g/mol. The second-order valence-electron chi connectivity index (χ2n) is 7.35. The maximum absolute atomic E-state index is 5.92. The second kappa shape index (κ2) is 8.14. The predicted octanol–water partition coefficient (Wildman–Crippen LogP) is 6.14. The first-order valence-electron chi connectivity index (χ1n) is 9.67. The Bertz CT molecular complexity index is 776. The standard InChI is InChI=1S/C24H26ClN/c25-18-20-12-10-19(11-13-20)14-15-24-23-9-5-4-6-21(23)16-17-26(24)22-7-2-1-3-8-22/h1-5,7-13,21,24H,6,14-18H2. The lowest BCUT2D eigenvalue weighted by molar-refractivity contribution is 0.428. The van der Waals surface area contributed by atoms with Crippen LogP contribution in [-0.4, -0.2) is 12.6 Å². The largest absolute Gasteiger partial charge is 0.365 e. The molecule has 0 radical (unpaired) electrons. The summed E-state index contributed by atoms with van der Waals surface area (Å²) >= 11 is 5.92. The molecule has 26 heavy (non-hydrogen) atoms. The molecule has 1 aliphatic carbocycles. The Morgan fingerprint density at radius 3 is 2.50 bits per heavy atom. The molecule has 1 heterocycles. The molecule has 0 spiro atoms. The minimum Gasteiger partial charge on any atom is -0.365 e. The normalized spacial score (nSPS) is 22.0. The van der Waals surface area contributed by atoms with Crippen LogP contribution in [0.1, 0.15) is 30.4 Å². The molecule has 2 unspecified atom stereocenters. The van der Waals surface area contributed by atoms with Crippen molar-refractivity contribution < 1.29 is 0 Å². The maximum atomic E-state index is 5.92. The van der Waals surface area contributed by atoms with Crippen LogP contribution in [0.25, 0.3) is 0 Å². The van der Waals surface area contributed by atoms with Gasteiger partial charge in [0.25, 0.3) is 0 Å². The van der Waals surface area contributed by atoms with Crippen molar-refractivity contribution in [3.63, 3.8) is 0 Å². The van der Waals surface area contributed by atoms with Crippen molar-refractivity contribution in [2.24, 2.45) is 5.92 Å². The van der Waals surface area contributed by atoms with Gasteiger partial charge in [-0.25, -0.2) is 0 Å². The molecule has 0 N–H and O–H groups in total. The molecule has 2 heteroatoms. The quantitative estimate of drug-likeness (QED) is 0.577. The first-order valence-corrected chi connectivity index (χ1v) is 10.2. The first kappa shape index (κ1) is 17.4. The van der Waals surface area contributed by atoms with Gasteiger partial charge in [0, 0.05) is 18.1 Å². The summed E-state index contributed by atoms with van der Waals surface area (Å²) in [5.41, 5.74) is 5.57. The average Bonchev–Trinajstić information content (AvgIpc) is 2.73. The third kappa shape index (κ3) is 3.73. The van der Waals surface area contributed by atoms with Crippen LogP contribution < -0.4 is 4.90 Å². The molecule has 0 aromatic heterocycles. The van der Waals surface area contributed by atoms with E-state index in [0.29, 0.717) is 11.9 Å². The van der Waals surface area contributed by atoms with Crippen molar-refractivity contribution in [2.45, 2.75) is 37.6 Å². The van der Waals surface area contributed by atoms with Crippen LogP contribution in [0.3, 0.4) is 0 Å². The Balaban J connectivity index is 1.56. The highest BCUT2D eigenvalue weighted by molar-refractivity contribution is 6.17. The lowest BCUT2D eigenvalue weighted by Gasteiger charge is -2.44. The van der Waals surface area contributed by atoms with Gasteiger partial charge in [-0.3, -0.25) is 0 Å². The SMILES string of the molecule is ClCc1ccc(CCC2C3=CC=CCC3CCN2c2ccccc2)cc1. The van der Waals surface area contributed by atoms with Gasteiger partial charge < -0.3 is 4.90 Å². The number of allylic oxidation sites excluding steroid dienone is 3. The third-order valence-electron chi connectivity index (χ3n) is 5.77. The van der Waals surface area contributed by atoms with Gasteiger partial charge in [0.15, 0.2) is 0 Å². The Labute approximate surface area is 162 Å². The first-order chi connectivity index (χ1) is 12.8. The zero-order chi connectivity index (χ0) is 17.8. The molecule has 134 valence electrons. The number of alkyl halides is 1. The summed E-state index contributed by atoms with van der Waals surface area (Å²) in [5.74, 6) is 1.31. The zero-order valence-electron chi connectivity index (χ0n) is 15.2. The summed E-state index contributed by atoms with van der Waals surface area (Å²) < 4.78 is 0. The summed E-state index contributed by atoms with van der Waals surface area (Å²) in [4.78, 5) is 2.62. The van der Waals surface area contributed by atoms with E-state index in [1.165, 1.54) is 29.7 Å². The number of para-hydroxylation sites is 1. The summed E-state index contributed by atoms with van der Waals surface area (Å²) in [6, 6.07) is 20.2. The van der Waals surface area contributed by atoms with Gasteiger partial charge in [-0.1, -0.05) is 60.7 Å². The number of halogens is 1. The summed E-state index contributed by atoms with van der Waals surface area (Å²) in [7, 11) is 0. The van der Waals surface area contributed by atoms with Crippen molar-refractivity contribution in [3.05, 3.63) is 89.5 Å². The Morgan fingerprint density at radius 1 is 0.962 bits per heavy atom. The van der Waals surface area contributed by atoms with Gasteiger partial charge in [0.05, 0.1) is 6.04 Å². The summed E-state index contributed by atoms with van der Waals surface area (Å²) in [6.45, 7) is 1.15. The second-order valence-corrected chi connectivity index (χ2v) is 7.62. The fraction of sp³-hybridized carbons (Fsp3) is 0.333. The Kier molecular flexibility index (Phi) is 5.45. The van der Waals surface area contributed by atoms with Crippen LogP contribution in [0.15, 0.2) is 78.4 Å². The minimum atomic E-state index is 0.494. The molecule has 1 aliphatic heterocycles. The monoisotopic (exact) mass is 363 g/mol. The highest BCUT2D eigenvalue weighted by Crippen LogP contribution is 2.38. The number of fused-ring (bicyclic) bond motifs is 1. The number of piperidine rings is 1. The molecular weight excluding hydrogens is 338 g/mol. The van der Waals surface area contributed by atoms with Crippen LogP contribution in [0.2, 0.25) is 0 Å². The summed E-state index contributed by atoms with van der Waals surface area (Å²) in [5, 5.41) is 0. The molecule has 2 aliphatic rings. The smallest absolute Gasteiger partial charge is 0.0511 e. The topological polar surface area (TPSA) is 3.24 Å². The number of benzene rings is 2. The molecule has 1 fully saturated rings. The number of hydrogen-bond acceptors (Lipinski definition) is 1. The van der Waals surface area contributed by atoms with Crippen molar-refractivity contribution in [3.8, 4) is 0 Å². The number of hydrogen-bond donors (Lipinski definition) is 0. The lowest BCUT2D eigenvalue weighted by atomic mass is 9.78. The van der Waals surface area contributed by atoms with Crippen LogP contribution in [-0.2, 0) is 12.3 Å². The van der Waals surface area contributed by atoms with Crippen molar-refractivity contribution in [1.29, 1.82) is 0 Å². The number of nitrogens with zero attached hydrogens (tertiary/aromatic N) is 1. The van der Waals surface area contributed by atoms with Gasteiger partial charge in [0.2, 0.25) is 0 Å². The molecular formula is C24H26ClN. The number of aryl methyl sites for hydroxylation is 1. The van der Waals surface area contributed by atoms with Crippen molar-refractivity contribution in [2.75, 3.05) is 11.4 Å². The molecule has 0 bridgehead atoms. The van der Waals surface area contributed by atoms with Gasteiger partial charge >= 0.3 is 0 Å². The number of anilines is 1. The van der Waals surface area contributed by atoms with Gasteiger partial charge in [-0.2, -0.15) is 0 Å². The molecule has 0 saturated carbocycles. The van der Waals surface area contributed by atoms with Gasteiger partial charge in [-0.15, -0.1) is 11.6 Å². The summed E-state index contributed by atoms with van der Waals surface area (Å²) in [6.07, 6.45) is 11.7. The highest BCUT2D eigenvalue weighted by atomic mass is 35.5. The molecule has 1 nitrogen and oxygen atoms in total. The van der Waals surface area contributed by atoms with E-state index in [-0.39, 0.29) is 0 Å². The molecule has 4 rings (SSSR count). The van der Waals surface area contributed by atoms with Crippen molar-refractivity contribution in [1.82, 2.24) is 0 Å². The van der Waals surface area contributed by atoms with Crippen LogP contribution in [0.4, 0.5) is 5.69 Å². The Morgan fingerprint density at radius 2 is 1.73 bits per heavy atom. The van der Waals surface area contributed by atoms with Gasteiger partial charge in [0.1, 0.15) is 0 Å². The molecule has 1 saturated heterocycles. The van der Waals surface area contributed by atoms with Crippen LogP contribution >= 0.6 is 11.6 Å². The van der Waals surface area contributed by atoms with E-state index in [1.54, 1.807) is 5.57 Å². The van der Waals surface area contributed by atoms with E-state index in [9.17, 15) is 0 Å². The van der Waals surface area contributed by atoms with E-state index in [4.69, 9.17) is 11.6 Å². The molecule has 2 aromatic rings. The maximum Gasteiger partial charge on any atom is 0.0511 e. The molecule has 2 atom stereocenters. The van der Waals surface area contributed by atoms with E-state index >= 15 is 0 Å². The molecule has 0 amide bonds. The van der Waals surface area contributed by atoms with Crippen LogP contribution in [0, 0.1) is 5.92 Å². The zero-order valence-corrected chi connectivity index (χ0v) is 15.9. The van der Waals surface area contributed by atoms with E-state index in [1.807, 2.05) is 0 Å². The lowest BCUT2D eigenvalue weighted by Crippen LogP contribution is -2.45. The number of rotatable bonds is 5. The third-order valence-corrected chi connectivity index (χ3v) is 6.08. The minimum absolute atomic E-state index is 0.494. The van der Waals surface area contributed by atoms with E-state index < -0.39 is 0 Å². The predicted molar refractivity (Wildman–Crippen MR) is 112 cm³/mol. The fourth-order valence-corrected chi connectivity index (χ4v) is 4.52. The van der Waals surface area contributed by atoms with Gasteiger partial charge in [-0.05, 0) is 60.4 Å². The van der Waals surface area contributed by atoms with Crippen LogP contribution in [0.5, 0.6) is 0 Å². The fourth-order valence-electron chi connectivity index (χ4n) is 4.34. The molecule has 2 aromatic carbocycles. The van der Waals surface area contributed by atoms with E-state index in [0.717, 1.165) is 25.3 Å². The highest BCUT2D eigenvalue weighted by Gasteiger charge is 2.32.